The molecule has 0 spiro atoms. The predicted octanol–water partition coefficient (Wildman–Crippen LogP) is 2.42. The Morgan fingerprint density at radius 3 is 2.30 bits per heavy atom. The minimum Gasteiger partial charge on any atom is -0.353 e. The van der Waals surface area contributed by atoms with Crippen LogP contribution in [-0.4, -0.2) is 24.9 Å². The third-order valence-corrected chi connectivity index (χ3v) is 4.25. The molecule has 1 unspecified atom stereocenters. The molecule has 1 atom stereocenters. The Bertz CT molecular complexity index is 775. The summed E-state index contributed by atoms with van der Waals surface area (Å²) in [4.78, 5) is 23.7. The Balaban J connectivity index is 1.72. The molecule has 0 aromatic heterocycles. The standard InChI is InChI=1S/C21H26FN3O2/c1-14(2)16-6-8-17(9-7-16)19(23)12-24-21(27)13-25-20(26)11-15-4-3-5-18(22)10-15/h3-10,14,19H,11-13,23H2,1-2H3,(H,24,27)(H,25,26). The van der Waals surface area contributed by atoms with Crippen LogP contribution in [0.25, 0.3) is 0 Å². The highest BCUT2D eigenvalue weighted by atomic mass is 19.1. The summed E-state index contributed by atoms with van der Waals surface area (Å²) in [5, 5.41) is 5.23. The van der Waals surface area contributed by atoms with Crippen molar-refractivity contribution >= 4 is 11.8 Å². The largest absolute Gasteiger partial charge is 0.353 e. The smallest absolute Gasteiger partial charge is 0.239 e. The van der Waals surface area contributed by atoms with Crippen molar-refractivity contribution in [1.82, 2.24) is 10.6 Å². The Kier molecular flexibility index (Phi) is 7.49. The monoisotopic (exact) mass is 371 g/mol. The average molecular weight is 371 g/mol. The van der Waals surface area contributed by atoms with Gasteiger partial charge in [0.25, 0.3) is 0 Å². The number of nitrogens with two attached hydrogens (primary N) is 1. The number of rotatable bonds is 8. The number of hydrogen-bond donors (Lipinski definition) is 3. The molecule has 0 aliphatic rings. The number of carbonyl (C=O) groups is 2. The number of amides is 2. The van der Waals surface area contributed by atoms with Gasteiger partial charge in [-0.3, -0.25) is 9.59 Å². The van der Waals surface area contributed by atoms with Gasteiger partial charge in [-0.05, 0) is 34.7 Å². The summed E-state index contributed by atoms with van der Waals surface area (Å²) < 4.78 is 13.1. The molecule has 2 amide bonds. The van der Waals surface area contributed by atoms with Crippen molar-refractivity contribution in [1.29, 1.82) is 0 Å². The van der Waals surface area contributed by atoms with Gasteiger partial charge in [0.15, 0.2) is 0 Å². The molecule has 0 aliphatic carbocycles. The lowest BCUT2D eigenvalue weighted by atomic mass is 9.99. The van der Waals surface area contributed by atoms with Crippen LogP contribution >= 0.6 is 0 Å². The van der Waals surface area contributed by atoms with Crippen LogP contribution in [0.15, 0.2) is 48.5 Å². The Morgan fingerprint density at radius 2 is 1.67 bits per heavy atom. The highest BCUT2D eigenvalue weighted by molar-refractivity contribution is 5.85. The van der Waals surface area contributed by atoms with Crippen LogP contribution in [0.3, 0.4) is 0 Å². The van der Waals surface area contributed by atoms with Crippen molar-refractivity contribution < 1.29 is 14.0 Å². The van der Waals surface area contributed by atoms with Gasteiger partial charge in [0, 0.05) is 12.6 Å². The van der Waals surface area contributed by atoms with E-state index in [1.165, 1.54) is 17.7 Å². The second kappa shape index (κ2) is 9.83. The van der Waals surface area contributed by atoms with Crippen LogP contribution in [0.2, 0.25) is 0 Å². The maximum atomic E-state index is 13.1. The lowest BCUT2D eigenvalue weighted by Crippen LogP contribution is -2.40. The number of benzene rings is 2. The first-order valence-electron chi connectivity index (χ1n) is 8.98. The molecule has 2 rings (SSSR count). The molecule has 5 nitrogen and oxygen atoms in total. The Labute approximate surface area is 159 Å². The highest BCUT2D eigenvalue weighted by Crippen LogP contribution is 2.17. The van der Waals surface area contributed by atoms with Gasteiger partial charge in [0.05, 0.1) is 13.0 Å². The fourth-order valence-electron chi connectivity index (χ4n) is 2.61. The minimum atomic E-state index is -0.395. The van der Waals surface area contributed by atoms with E-state index in [1.807, 2.05) is 24.3 Å². The first-order valence-corrected chi connectivity index (χ1v) is 8.98. The fraction of sp³-hybridized carbons (Fsp3) is 0.333. The van der Waals surface area contributed by atoms with Gasteiger partial charge in [-0.25, -0.2) is 4.39 Å². The molecule has 0 saturated carbocycles. The quantitative estimate of drug-likeness (QED) is 0.666. The molecular formula is C21H26FN3O2. The lowest BCUT2D eigenvalue weighted by Gasteiger charge is -2.15. The predicted molar refractivity (Wildman–Crippen MR) is 104 cm³/mol. The second-order valence-electron chi connectivity index (χ2n) is 6.82. The van der Waals surface area contributed by atoms with Crippen LogP contribution in [0.1, 0.15) is 42.5 Å². The van der Waals surface area contributed by atoms with Crippen molar-refractivity contribution in [2.45, 2.75) is 32.2 Å². The normalized spacial score (nSPS) is 11.9. The first kappa shape index (κ1) is 20.6. The van der Waals surface area contributed by atoms with E-state index in [0.29, 0.717) is 11.5 Å². The van der Waals surface area contributed by atoms with Gasteiger partial charge in [-0.2, -0.15) is 0 Å². The van der Waals surface area contributed by atoms with E-state index < -0.39 is 5.82 Å². The fourth-order valence-corrected chi connectivity index (χ4v) is 2.61. The zero-order chi connectivity index (χ0) is 19.8. The molecule has 0 fully saturated rings. The second-order valence-corrected chi connectivity index (χ2v) is 6.82. The number of carbonyl (C=O) groups excluding carboxylic acids is 2. The van der Waals surface area contributed by atoms with E-state index in [2.05, 4.69) is 24.5 Å². The van der Waals surface area contributed by atoms with E-state index in [-0.39, 0.29) is 37.4 Å². The van der Waals surface area contributed by atoms with Crippen molar-refractivity contribution in [2.75, 3.05) is 13.1 Å². The van der Waals surface area contributed by atoms with E-state index in [0.717, 1.165) is 5.56 Å². The van der Waals surface area contributed by atoms with E-state index >= 15 is 0 Å². The van der Waals surface area contributed by atoms with Crippen LogP contribution < -0.4 is 16.4 Å². The van der Waals surface area contributed by atoms with E-state index in [1.54, 1.807) is 12.1 Å². The van der Waals surface area contributed by atoms with Crippen LogP contribution in [-0.2, 0) is 16.0 Å². The third-order valence-electron chi connectivity index (χ3n) is 4.25. The number of hydrogen-bond acceptors (Lipinski definition) is 3. The van der Waals surface area contributed by atoms with Gasteiger partial charge in [0.2, 0.25) is 11.8 Å². The van der Waals surface area contributed by atoms with Crippen LogP contribution in [0.5, 0.6) is 0 Å². The summed E-state index contributed by atoms with van der Waals surface area (Å²) in [5.74, 6) is -0.611. The Hall–Kier alpha value is -2.73. The van der Waals surface area contributed by atoms with Gasteiger partial charge in [-0.1, -0.05) is 50.2 Å². The van der Waals surface area contributed by atoms with E-state index in [4.69, 9.17) is 5.73 Å². The summed E-state index contributed by atoms with van der Waals surface area (Å²) in [5.41, 5.74) is 8.83. The van der Waals surface area contributed by atoms with Crippen molar-refractivity contribution in [3.05, 3.63) is 71.0 Å². The van der Waals surface area contributed by atoms with Gasteiger partial charge >= 0.3 is 0 Å². The summed E-state index contributed by atoms with van der Waals surface area (Å²) in [7, 11) is 0. The summed E-state index contributed by atoms with van der Waals surface area (Å²) in [6.07, 6.45) is 0.0206. The molecule has 2 aromatic carbocycles. The van der Waals surface area contributed by atoms with Crippen molar-refractivity contribution in [3.63, 3.8) is 0 Å². The summed E-state index contributed by atoms with van der Waals surface area (Å²) >= 11 is 0. The molecule has 0 radical (unpaired) electrons. The topological polar surface area (TPSA) is 84.2 Å². The van der Waals surface area contributed by atoms with Crippen LogP contribution in [0, 0.1) is 5.82 Å². The zero-order valence-corrected chi connectivity index (χ0v) is 15.7. The summed E-state index contributed by atoms with van der Waals surface area (Å²) in [6.45, 7) is 4.38. The molecule has 2 aromatic rings. The molecule has 0 aliphatic heterocycles. The van der Waals surface area contributed by atoms with Gasteiger partial charge in [-0.15, -0.1) is 0 Å². The molecule has 27 heavy (non-hydrogen) atoms. The first-order chi connectivity index (χ1) is 12.8. The van der Waals surface area contributed by atoms with Crippen molar-refractivity contribution in [3.8, 4) is 0 Å². The molecule has 0 heterocycles. The molecule has 144 valence electrons. The highest BCUT2D eigenvalue weighted by Gasteiger charge is 2.10. The molecule has 6 heteroatoms. The van der Waals surface area contributed by atoms with Gasteiger partial charge < -0.3 is 16.4 Å². The number of halogens is 1. The van der Waals surface area contributed by atoms with Crippen molar-refractivity contribution in [2.24, 2.45) is 5.73 Å². The van der Waals surface area contributed by atoms with Gasteiger partial charge in [0.1, 0.15) is 5.82 Å². The maximum Gasteiger partial charge on any atom is 0.239 e. The minimum absolute atomic E-state index is 0.0206. The summed E-state index contributed by atoms with van der Waals surface area (Å²) in [6, 6.07) is 13.5. The molecular weight excluding hydrogens is 345 g/mol. The average Bonchev–Trinajstić information content (AvgIpc) is 2.64. The maximum absolute atomic E-state index is 13.1. The Morgan fingerprint density at radius 1 is 1.00 bits per heavy atom. The molecule has 0 bridgehead atoms. The lowest BCUT2D eigenvalue weighted by molar-refractivity contribution is -0.125. The zero-order valence-electron chi connectivity index (χ0n) is 15.7. The van der Waals surface area contributed by atoms with Crippen LogP contribution in [0.4, 0.5) is 4.39 Å². The third kappa shape index (κ3) is 6.83. The number of nitrogens with one attached hydrogen (secondary N) is 2. The van der Waals surface area contributed by atoms with E-state index in [9.17, 15) is 14.0 Å². The SMILES string of the molecule is CC(C)c1ccc(C(N)CNC(=O)CNC(=O)Cc2cccc(F)c2)cc1. The molecule has 4 N–H and O–H groups in total. The molecule has 0 saturated heterocycles.